The number of rotatable bonds is 1. The Kier molecular flexibility index (Phi) is 3.25. The van der Waals surface area contributed by atoms with Crippen LogP contribution < -0.4 is 0 Å². The van der Waals surface area contributed by atoms with Crippen molar-refractivity contribution in [3.8, 4) is 0 Å². The van der Waals surface area contributed by atoms with Crippen molar-refractivity contribution in [1.29, 1.82) is 0 Å². The van der Waals surface area contributed by atoms with Crippen molar-refractivity contribution >= 4 is 22.6 Å². The highest BCUT2D eigenvalue weighted by atomic mass is 127. The quantitative estimate of drug-likeness (QED) is 0.497. The summed E-state index contributed by atoms with van der Waals surface area (Å²) in [5.74, 6) is -1.20. The average molecular weight is 252 g/mol. The van der Waals surface area contributed by atoms with Crippen LogP contribution in [-0.4, -0.2) is 10.1 Å². The summed E-state index contributed by atoms with van der Waals surface area (Å²) in [7, 11) is 0. The molecule has 0 aromatic heterocycles. The van der Waals surface area contributed by atoms with E-state index in [0.29, 0.717) is 0 Å². The van der Waals surface area contributed by atoms with Gasteiger partial charge in [-0.2, -0.15) is 13.2 Å². The molecule has 0 N–H and O–H groups in total. The molecule has 0 saturated carbocycles. The smallest absolute Gasteiger partial charge is 0.171 e. The first-order chi connectivity index (χ1) is 3.85. The molecule has 0 spiro atoms. The van der Waals surface area contributed by atoms with E-state index in [1.165, 1.54) is 6.92 Å². The van der Waals surface area contributed by atoms with E-state index in [1.54, 1.807) is 29.5 Å². The van der Waals surface area contributed by atoms with Crippen LogP contribution in [0.25, 0.3) is 0 Å². The summed E-state index contributed by atoms with van der Waals surface area (Å²) in [5.41, 5.74) is 0. The van der Waals surface area contributed by atoms with Crippen molar-refractivity contribution < 1.29 is 13.2 Å². The summed E-state index contributed by atoms with van der Waals surface area (Å²) in [6, 6.07) is 0. The third-order valence-electron chi connectivity index (χ3n) is 1.21. The van der Waals surface area contributed by atoms with Gasteiger partial charge in [0.1, 0.15) is 0 Å². The molecule has 0 aliphatic heterocycles. The largest absolute Gasteiger partial charge is 0.392 e. The molecule has 56 valence electrons. The molecule has 2 unspecified atom stereocenters. The van der Waals surface area contributed by atoms with Gasteiger partial charge in [-0.25, -0.2) is 0 Å². The van der Waals surface area contributed by atoms with Gasteiger partial charge in [0.2, 0.25) is 0 Å². The molecular weight excluding hydrogens is 244 g/mol. The molecule has 0 aliphatic rings. The van der Waals surface area contributed by atoms with Crippen molar-refractivity contribution in [3.05, 3.63) is 0 Å². The third-order valence-corrected chi connectivity index (χ3v) is 2.28. The molecule has 0 rings (SSSR count). The molecule has 0 saturated heterocycles. The zero-order valence-electron chi connectivity index (χ0n) is 5.17. The fourth-order valence-electron chi connectivity index (χ4n) is 0.260. The second kappa shape index (κ2) is 3.07. The first-order valence-corrected chi connectivity index (χ1v) is 3.81. The summed E-state index contributed by atoms with van der Waals surface area (Å²) in [4.78, 5) is 0. The Morgan fingerprint density at radius 3 is 1.56 bits per heavy atom. The number of hydrogen-bond donors (Lipinski definition) is 0. The Bertz CT molecular complexity index is 86.7. The fraction of sp³-hybridized carbons (Fsp3) is 1.00. The highest BCUT2D eigenvalue weighted by Crippen LogP contribution is 2.31. The van der Waals surface area contributed by atoms with Gasteiger partial charge in [0, 0.05) is 3.92 Å². The Balaban J connectivity index is 3.88. The first kappa shape index (κ1) is 9.52. The number of hydrogen-bond acceptors (Lipinski definition) is 0. The van der Waals surface area contributed by atoms with Gasteiger partial charge in [-0.05, 0) is 0 Å². The maximum atomic E-state index is 11.7. The van der Waals surface area contributed by atoms with E-state index >= 15 is 0 Å². The molecular formula is C5H8F3I. The van der Waals surface area contributed by atoms with Crippen LogP contribution in [0, 0.1) is 5.92 Å². The van der Waals surface area contributed by atoms with Crippen LogP contribution in [0.4, 0.5) is 13.2 Å². The zero-order valence-corrected chi connectivity index (χ0v) is 7.32. The lowest BCUT2D eigenvalue weighted by Crippen LogP contribution is -2.25. The van der Waals surface area contributed by atoms with Crippen molar-refractivity contribution in [3.63, 3.8) is 0 Å². The van der Waals surface area contributed by atoms with E-state index in [-0.39, 0.29) is 3.92 Å². The molecule has 9 heavy (non-hydrogen) atoms. The minimum Gasteiger partial charge on any atom is -0.171 e. The van der Waals surface area contributed by atoms with Crippen LogP contribution in [0.1, 0.15) is 13.8 Å². The average Bonchev–Trinajstić information content (AvgIpc) is 1.62. The van der Waals surface area contributed by atoms with E-state index < -0.39 is 12.1 Å². The van der Waals surface area contributed by atoms with Gasteiger partial charge < -0.3 is 0 Å². The SMILES string of the molecule is CC(I)C(C)C(F)(F)F. The Morgan fingerprint density at radius 2 is 1.56 bits per heavy atom. The van der Waals surface area contributed by atoms with Gasteiger partial charge in [-0.15, -0.1) is 0 Å². The fourth-order valence-corrected chi connectivity index (χ4v) is 0.668. The second-order valence-electron chi connectivity index (χ2n) is 2.01. The van der Waals surface area contributed by atoms with E-state index in [9.17, 15) is 13.2 Å². The van der Waals surface area contributed by atoms with Crippen molar-refractivity contribution in [2.45, 2.75) is 23.9 Å². The first-order valence-electron chi connectivity index (χ1n) is 2.56. The molecule has 0 fully saturated rings. The standard InChI is InChI=1S/C5H8F3I/c1-3(4(2)9)5(6,7)8/h3-4H,1-2H3. The van der Waals surface area contributed by atoms with Gasteiger partial charge in [-0.3, -0.25) is 0 Å². The topological polar surface area (TPSA) is 0 Å². The molecule has 0 aromatic rings. The van der Waals surface area contributed by atoms with Crippen LogP contribution in [0.15, 0.2) is 0 Å². The number of halogens is 4. The van der Waals surface area contributed by atoms with Crippen LogP contribution in [-0.2, 0) is 0 Å². The molecule has 0 aliphatic carbocycles. The normalized spacial score (nSPS) is 19.3. The van der Waals surface area contributed by atoms with E-state index in [0.717, 1.165) is 0 Å². The summed E-state index contributed by atoms with van der Waals surface area (Å²) in [6.45, 7) is 2.75. The summed E-state index contributed by atoms with van der Waals surface area (Å²) >= 11 is 1.77. The Labute approximate surface area is 66.0 Å². The van der Waals surface area contributed by atoms with Crippen LogP contribution >= 0.6 is 22.6 Å². The van der Waals surface area contributed by atoms with Crippen LogP contribution in [0.2, 0.25) is 0 Å². The maximum Gasteiger partial charge on any atom is 0.392 e. The molecule has 0 amide bonds. The zero-order chi connectivity index (χ0) is 7.65. The van der Waals surface area contributed by atoms with Crippen molar-refractivity contribution in [2.75, 3.05) is 0 Å². The van der Waals surface area contributed by atoms with E-state index in [4.69, 9.17) is 0 Å². The Hall–Kier alpha value is 0.520. The van der Waals surface area contributed by atoms with Crippen LogP contribution in [0.5, 0.6) is 0 Å². The lowest BCUT2D eigenvalue weighted by atomic mass is 10.1. The lowest BCUT2D eigenvalue weighted by Gasteiger charge is -2.17. The van der Waals surface area contributed by atoms with Gasteiger partial charge in [0.05, 0.1) is 5.92 Å². The minimum atomic E-state index is -4.03. The molecule has 0 aromatic carbocycles. The van der Waals surface area contributed by atoms with Crippen LogP contribution in [0.3, 0.4) is 0 Å². The van der Waals surface area contributed by atoms with E-state index in [2.05, 4.69) is 0 Å². The summed E-state index contributed by atoms with van der Waals surface area (Å²) in [6.07, 6.45) is -4.03. The molecule has 0 nitrogen and oxygen atoms in total. The highest BCUT2D eigenvalue weighted by molar-refractivity contribution is 14.1. The van der Waals surface area contributed by atoms with Gasteiger partial charge in [-0.1, -0.05) is 36.4 Å². The molecule has 0 bridgehead atoms. The minimum absolute atomic E-state index is 0.345. The second-order valence-corrected chi connectivity index (χ2v) is 3.97. The summed E-state index contributed by atoms with van der Waals surface area (Å²) in [5, 5.41) is 0. The summed E-state index contributed by atoms with van der Waals surface area (Å²) < 4.78 is 34.7. The molecule has 0 heterocycles. The molecule has 2 atom stereocenters. The van der Waals surface area contributed by atoms with Gasteiger partial charge in [0.15, 0.2) is 0 Å². The van der Waals surface area contributed by atoms with Gasteiger partial charge in [0.25, 0.3) is 0 Å². The number of alkyl halides is 4. The van der Waals surface area contributed by atoms with Crippen molar-refractivity contribution in [2.24, 2.45) is 5.92 Å². The van der Waals surface area contributed by atoms with E-state index in [1.807, 2.05) is 0 Å². The Morgan fingerprint density at radius 1 is 1.22 bits per heavy atom. The maximum absolute atomic E-state index is 11.7. The van der Waals surface area contributed by atoms with Gasteiger partial charge >= 0.3 is 6.18 Å². The monoisotopic (exact) mass is 252 g/mol. The molecule has 0 radical (unpaired) electrons. The highest BCUT2D eigenvalue weighted by Gasteiger charge is 2.38. The molecule has 4 heteroatoms. The lowest BCUT2D eigenvalue weighted by molar-refractivity contribution is -0.167. The van der Waals surface area contributed by atoms with Crippen molar-refractivity contribution in [1.82, 2.24) is 0 Å². The predicted octanol–water partition coefficient (Wildman–Crippen LogP) is 3.01. The predicted molar refractivity (Wildman–Crippen MR) is 38.7 cm³/mol. The third kappa shape index (κ3) is 3.27.